The fraction of sp³-hybridized carbons (Fsp3) is 0.385. The molecule has 0 bridgehead atoms. The van der Waals surface area contributed by atoms with Crippen LogP contribution in [-0.4, -0.2) is 19.3 Å². The largest absolute Gasteiger partial charge is 0.505 e. The van der Waals surface area contributed by atoms with Crippen molar-refractivity contribution in [3.05, 3.63) is 42.2 Å². The second kappa shape index (κ2) is 4.94. The smallest absolute Gasteiger partial charge is 0.212 e. The molecular weight excluding hydrogens is 269 g/mol. The molecule has 19 heavy (non-hydrogen) atoms. The predicted molar refractivity (Wildman–Crippen MR) is 70.7 cm³/mol. The summed E-state index contributed by atoms with van der Waals surface area (Å²) in [6.07, 6.45) is 3.21. The lowest BCUT2D eigenvalue weighted by Gasteiger charge is -2.18. The maximum atomic E-state index is 13.0. The van der Waals surface area contributed by atoms with Gasteiger partial charge in [-0.25, -0.2) is 17.5 Å². The number of halogens is 1. The highest BCUT2D eigenvalue weighted by molar-refractivity contribution is 7.89. The van der Waals surface area contributed by atoms with Crippen LogP contribution in [0.15, 0.2) is 30.9 Å². The van der Waals surface area contributed by atoms with Crippen molar-refractivity contribution in [1.82, 2.24) is 4.72 Å². The lowest BCUT2D eigenvalue weighted by molar-refractivity contribution is 0.430. The first-order chi connectivity index (χ1) is 8.88. The molecule has 1 fully saturated rings. The van der Waals surface area contributed by atoms with E-state index in [1.54, 1.807) is 6.08 Å². The van der Waals surface area contributed by atoms with Gasteiger partial charge in [0.05, 0.1) is 11.3 Å². The predicted octanol–water partition coefficient (Wildman–Crippen LogP) is 2.02. The van der Waals surface area contributed by atoms with Crippen LogP contribution in [0.1, 0.15) is 24.8 Å². The monoisotopic (exact) mass is 285 g/mol. The molecule has 0 aromatic heterocycles. The molecule has 1 aliphatic carbocycles. The van der Waals surface area contributed by atoms with Crippen molar-refractivity contribution in [3.63, 3.8) is 0 Å². The van der Waals surface area contributed by atoms with E-state index < -0.39 is 27.1 Å². The summed E-state index contributed by atoms with van der Waals surface area (Å²) in [5.41, 5.74) is -0.0980. The number of rotatable bonds is 6. The zero-order chi connectivity index (χ0) is 14.1. The Balaban J connectivity index is 2.19. The SMILES string of the molecule is C=CCCS(=O)(=O)NC1(c2ccc(F)c(O)c2)CC1. The molecule has 2 rings (SSSR count). The molecule has 0 amide bonds. The van der Waals surface area contributed by atoms with Gasteiger partial charge in [0.15, 0.2) is 11.6 Å². The average Bonchev–Trinajstić information content (AvgIpc) is 3.10. The third kappa shape index (κ3) is 3.13. The third-order valence-electron chi connectivity index (χ3n) is 3.19. The van der Waals surface area contributed by atoms with Gasteiger partial charge in [0.1, 0.15) is 0 Å². The van der Waals surface area contributed by atoms with E-state index in [-0.39, 0.29) is 5.75 Å². The van der Waals surface area contributed by atoms with Gasteiger partial charge in [-0.3, -0.25) is 0 Å². The van der Waals surface area contributed by atoms with Crippen molar-refractivity contribution in [3.8, 4) is 5.75 Å². The van der Waals surface area contributed by atoms with Gasteiger partial charge in [-0.05, 0) is 37.0 Å². The normalized spacial score (nSPS) is 17.1. The summed E-state index contributed by atoms with van der Waals surface area (Å²) in [7, 11) is -3.41. The molecule has 4 nitrogen and oxygen atoms in total. The number of phenols is 1. The van der Waals surface area contributed by atoms with Gasteiger partial charge in [0, 0.05) is 0 Å². The number of sulfonamides is 1. The van der Waals surface area contributed by atoms with Crippen LogP contribution in [-0.2, 0) is 15.6 Å². The van der Waals surface area contributed by atoms with E-state index in [0.29, 0.717) is 24.8 Å². The highest BCUT2D eigenvalue weighted by Crippen LogP contribution is 2.47. The highest BCUT2D eigenvalue weighted by Gasteiger charge is 2.47. The summed E-state index contributed by atoms with van der Waals surface area (Å²) in [6.45, 7) is 3.49. The van der Waals surface area contributed by atoms with Crippen LogP contribution in [0.2, 0.25) is 0 Å². The average molecular weight is 285 g/mol. The summed E-state index contributed by atoms with van der Waals surface area (Å²) >= 11 is 0. The summed E-state index contributed by atoms with van der Waals surface area (Å²) in [6, 6.07) is 3.92. The summed E-state index contributed by atoms with van der Waals surface area (Å²) < 4.78 is 39.4. The molecule has 0 aliphatic heterocycles. The highest BCUT2D eigenvalue weighted by atomic mass is 32.2. The molecule has 0 heterocycles. The first-order valence-electron chi connectivity index (χ1n) is 6.00. The van der Waals surface area contributed by atoms with Crippen molar-refractivity contribution >= 4 is 10.0 Å². The second-order valence-corrected chi connectivity index (χ2v) is 6.59. The molecule has 1 aromatic carbocycles. The Morgan fingerprint density at radius 2 is 2.16 bits per heavy atom. The first kappa shape index (κ1) is 14.0. The first-order valence-corrected chi connectivity index (χ1v) is 7.65. The number of aromatic hydroxyl groups is 1. The minimum absolute atomic E-state index is 0.0224. The van der Waals surface area contributed by atoms with Crippen LogP contribution in [0.4, 0.5) is 4.39 Å². The zero-order valence-corrected chi connectivity index (χ0v) is 11.2. The van der Waals surface area contributed by atoms with Crippen LogP contribution < -0.4 is 4.72 Å². The topological polar surface area (TPSA) is 66.4 Å². The van der Waals surface area contributed by atoms with Crippen molar-refractivity contribution in [1.29, 1.82) is 0 Å². The molecular formula is C13H16FNO3S. The molecule has 2 N–H and O–H groups in total. The number of phenolic OH excluding ortho intramolecular Hbond substituents is 1. The summed E-state index contributed by atoms with van der Waals surface area (Å²) in [5, 5.41) is 9.37. The van der Waals surface area contributed by atoms with Crippen molar-refractivity contribution < 1.29 is 17.9 Å². The van der Waals surface area contributed by atoms with E-state index in [2.05, 4.69) is 11.3 Å². The van der Waals surface area contributed by atoms with E-state index in [9.17, 15) is 17.9 Å². The molecule has 104 valence electrons. The Morgan fingerprint density at radius 3 is 2.68 bits per heavy atom. The van der Waals surface area contributed by atoms with Crippen LogP contribution in [0.5, 0.6) is 5.75 Å². The fourth-order valence-electron chi connectivity index (χ4n) is 1.97. The third-order valence-corrected chi connectivity index (χ3v) is 4.67. The second-order valence-electron chi connectivity index (χ2n) is 4.75. The molecule has 0 radical (unpaired) electrons. The number of hydrogen-bond donors (Lipinski definition) is 2. The van der Waals surface area contributed by atoms with Gasteiger partial charge in [-0.2, -0.15) is 0 Å². The molecule has 0 spiro atoms. The van der Waals surface area contributed by atoms with Gasteiger partial charge >= 0.3 is 0 Å². The van der Waals surface area contributed by atoms with Gasteiger partial charge in [0.25, 0.3) is 0 Å². The number of hydrogen-bond acceptors (Lipinski definition) is 3. The molecule has 1 aromatic rings. The molecule has 1 aliphatic rings. The van der Waals surface area contributed by atoms with Gasteiger partial charge in [-0.15, -0.1) is 6.58 Å². The number of nitrogens with one attached hydrogen (secondary N) is 1. The van der Waals surface area contributed by atoms with Crippen LogP contribution in [0.3, 0.4) is 0 Å². The minimum Gasteiger partial charge on any atom is -0.505 e. The Hall–Kier alpha value is -1.40. The van der Waals surface area contributed by atoms with E-state index in [0.717, 1.165) is 6.07 Å². The van der Waals surface area contributed by atoms with Crippen LogP contribution in [0.25, 0.3) is 0 Å². The Kier molecular flexibility index (Phi) is 3.64. The molecule has 6 heteroatoms. The maximum absolute atomic E-state index is 13.0. The van der Waals surface area contributed by atoms with E-state index in [1.165, 1.54) is 12.1 Å². The minimum atomic E-state index is -3.41. The number of allylic oxidation sites excluding steroid dienone is 1. The van der Waals surface area contributed by atoms with Gasteiger partial charge in [-0.1, -0.05) is 12.1 Å². The van der Waals surface area contributed by atoms with E-state index in [1.807, 2.05) is 0 Å². The van der Waals surface area contributed by atoms with Crippen LogP contribution >= 0.6 is 0 Å². The Labute approximate surface area is 112 Å². The van der Waals surface area contributed by atoms with E-state index >= 15 is 0 Å². The van der Waals surface area contributed by atoms with Crippen molar-refractivity contribution in [2.24, 2.45) is 0 Å². The summed E-state index contributed by atoms with van der Waals surface area (Å²) in [4.78, 5) is 0. The number of benzene rings is 1. The van der Waals surface area contributed by atoms with Crippen molar-refractivity contribution in [2.75, 3.05) is 5.75 Å². The molecule has 1 saturated carbocycles. The fourth-order valence-corrected chi connectivity index (χ4v) is 3.47. The molecule has 0 unspecified atom stereocenters. The Bertz CT molecular complexity index is 594. The summed E-state index contributed by atoms with van der Waals surface area (Å²) in [5.74, 6) is -1.20. The quantitative estimate of drug-likeness (QED) is 0.786. The lowest BCUT2D eigenvalue weighted by atomic mass is 10.1. The standard InChI is InChI=1S/C13H16FNO3S/c1-2-3-8-19(17,18)15-13(6-7-13)10-4-5-11(14)12(16)9-10/h2,4-5,9,15-16H,1,3,6-8H2. The zero-order valence-electron chi connectivity index (χ0n) is 10.4. The van der Waals surface area contributed by atoms with Crippen molar-refractivity contribution in [2.45, 2.75) is 24.8 Å². The van der Waals surface area contributed by atoms with Gasteiger partial charge < -0.3 is 5.11 Å². The Morgan fingerprint density at radius 1 is 1.47 bits per heavy atom. The molecule has 0 saturated heterocycles. The molecule has 0 atom stereocenters. The maximum Gasteiger partial charge on any atom is 0.212 e. The van der Waals surface area contributed by atoms with Crippen LogP contribution in [0, 0.1) is 5.82 Å². The van der Waals surface area contributed by atoms with Gasteiger partial charge in [0.2, 0.25) is 10.0 Å². The lowest BCUT2D eigenvalue weighted by Crippen LogP contribution is -2.36. The van der Waals surface area contributed by atoms with E-state index in [4.69, 9.17) is 0 Å².